The van der Waals surface area contributed by atoms with Gasteiger partial charge < -0.3 is 0 Å². The van der Waals surface area contributed by atoms with Gasteiger partial charge in [0.1, 0.15) is 5.82 Å². The molecule has 0 saturated carbocycles. The smallest absolute Gasteiger partial charge is 0.263 e. The van der Waals surface area contributed by atoms with Crippen molar-refractivity contribution in [2.24, 2.45) is 0 Å². The van der Waals surface area contributed by atoms with Crippen LogP contribution >= 0.6 is 15.9 Å². The minimum absolute atomic E-state index is 0.228. The fraction of sp³-hybridized carbons (Fsp3) is 0.154. The predicted molar refractivity (Wildman–Crippen MR) is 78.6 cm³/mol. The third kappa shape index (κ3) is 3.54. The molecule has 2 rings (SSSR count). The second-order valence-electron chi connectivity index (χ2n) is 3.96. The molecule has 0 aliphatic heterocycles. The van der Waals surface area contributed by atoms with Crippen molar-refractivity contribution >= 4 is 31.8 Å². The van der Waals surface area contributed by atoms with E-state index in [1.165, 1.54) is 6.20 Å². The van der Waals surface area contributed by atoms with E-state index in [2.05, 4.69) is 25.6 Å². The summed E-state index contributed by atoms with van der Waals surface area (Å²) < 4.78 is 27.5. The Morgan fingerprint density at radius 2 is 1.89 bits per heavy atom. The predicted octanol–water partition coefficient (Wildman–Crippen LogP) is 3.21. The first kappa shape index (κ1) is 14.0. The van der Waals surface area contributed by atoms with Crippen molar-refractivity contribution in [2.75, 3.05) is 4.72 Å². The lowest BCUT2D eigenvalue weighted by Gasteiger charge is -2.08. The molecule has 0 unspecified atom stereocenters. The number of pyridine rings is 1. The Balaban J connectivity index is 2.27. The van der Waals surface area contributed by atoms with Crippen molar-refractivity contribution in [3.8, 4) is 0 Å². The summed E-state index contributed by atoms with van der Waals surface area (Å²) in [6, 6.07) is 10.1. The number of rotatable bonds is 4. The van der Waals surface area contributed by atoms with Crippen LogP contribution in [0.4, 0.5) is 5.82 Å². The lowest BCUT2D eigenvalue weighted by Crippen LogP contribution is -2.13. The number of nitrogens with one attached hydrogen (secondary N) is 1. The van der Waals surface area contributed by atoms with Gasteiger partial charge in [-0.05, 0) is 36.2 Å². The molecule has 0 radical (unpaired) electrons. The van der Waals surface area contributed by atoms with Gasteiger partial charge in [-0.1, -0.05) is 35.0 Å². The monoisotopic (exact) mass is 340 g/mol. The zero-order chi connectivity index (χ0) is 13.9. The topological polar surface area (TPSA) is 59.1 Å². The molecule has 0 fully saturated rings. The quantitative estimate of drug-likeness (QED) is 0.929. The van der Waals surface area contributed by atoms with E-state index in [1.807, 2.05) is 19.1 Å². The van der Waals surface area contributed by atoms with Crippen molar-refractivity contribution in [1.29, 1.82) is 0 Å². The summed E-state index contributed by atoms with van der Waals surface area (Å²) in [6.07, 6.45) is 2.41. The SMILES string of the molecule is CCc1ccc(S(=O)(=O)Nc2cc(Br)ccn2)cc1. The Labute approximate surface area is 121 Å². The number of sulfonamides is 1. The third-order valence-corrected chi connectivity index (χ3v) is 4.47. The van der Waals surface area contributed by atoms with Gasteiger partial charge in [-0.2, -0.15) is 0 Å². The molecular formula is C13H13BrN2O2S. The van der Waals surface area contributed by atoms with E-state index >= 15 is 0 Å². The second-order valence-corrected chi connectivity index (χ2v) is 6.56. The Morgan fingerprint density at radius 3 is 2.47 bits per heavy atom. The number of aromatic nitrogens is 1. The maximum Gasteiger partial charge on any atom is 0.263 e. The normalized spacial score (nSPS) is 11.3. The van der Waals surface area contributed by atoms with Crippen molar-refractivity contribution in [2.45, 2.75) is 18.2 Å². The van der Waals surface area contributed by atoms with Crippen LogP contribution in [-0.2, 0) is 16.4 Å². The molecule has 4 nitrogen and oxygen atoms in total. The summed E-state index contributed by atoms with van der Waals surface area (Å²) in [6.45, 7) is 2.02. The number of anilines is 1. The van der Waals surface area contributed by atoms with Gasteiger partial charge >= 0.3 is 0 Å². The highest BCUT2D eigenvalue weighted by Crippen LogP contribution is 2.18. The van der Waals surface area contributed by atoms with Crippen LogP contribution in [0.5, 0.6) is 0 Å². The van der Waals surface area contributed by atoms with Gasteiger partial charge in [0.05, 0.1) is 4.90 Å². The van der Waals surface area contributed by atoms with Crippen molar-refractivity contribution in [1.82, 2.24) is 4.98 Å². The summed E-state index contributed by atoms with van der Waals surface area (Å²) >= 11 is 3.27. The van der Waals surface area contributed by atoms with E-state index < -0.39 is 10.0 Å². The first-order valence-electron chi connectivity index (χ1n) is 5.74. The van der Waals surface area contributed by atoms with Crippen LogP contribution in [0.25, 0.3) is 0 Å². The summed E-state index contributed by atoms with van der Waals surface area (Å²) in [5, 5.41) is 0. The molecule has 6 heteroatoms. The lowest BCUT2D eigenvalue weighted by atomic mass is 10.2. The van der Waals surface area contributed by atoms with Gasteiger partial charge in [-0.15, -0.1) is 0 Å². The second kappa shape index (κ2) is 5.71. The number of hydrogen-bond acceptors (Lipinski definition) is 3. The molecule has 0 atom stereocenters. The minimum atomic E-state index is -3.59. The molecule has 0 aliphatic carbocycles. The molecule has 1 aromatic carbocycles. The average molecular weight is 341 g/mol. The molecular weight excluding hydrogens is 328 g/mol. The number of nitrogens with zero attached hydrogens (tertiary/aromatic N) is 1. The van der Waals surface area contributed by atoms with E-state index in [1.54, 1.807) is 24.3 Å². The van der Waals surface area contributed by atoms with E-state index in [0.29, 0.717) is 0 Å². The summed E-state index contributed by atoms with van der Waals surface area (Å²) in [4.78, 5) is 4.19. The van der Waals surface area contributed by atoms with Crippen LogP contribution in [0.15, 0.2) is 52.0 Å². The highest BCUT2D eigenvalue weighted by molar-refractivity contribution is 9.10. The first-order chi connectivity index (χ1) is 9.01. The molecule has 0 spiro atoms. The average Bonchev–Trinajstić information content (AvgIpc) is 2.38. The number of aryl methyl sites for hydroxylation is 1. The highest BCUT2D eigenvalue weighted by Gasteiger charge is 2.14. The molecule has 0 saturated heterocycles. The third-order valence-electron chi connectivity index (χ3n) is 2.60. The molecule has 1 N–H and O–H groups in total. The standard InChI is InChI=1S/C13H13BrN2O2S/c1-2-10-3-5-12(6-4-10)19(17,18)16-13-9-11(14)7-8-15-13/h3-9H,2H2,1H3,(H,15,16). The molecule has 1 heterocycles. The van der Waals surface area contributed by atoms with Crippen LogP contribution in [0.3, 0.4) is 0 Å². The van der Waals surface area contributed by atoms with Crippen molar-refractivity contribution < 1.29 is 8.42 Å². The van der Waals surface area contributed by atoms with Crippen LogP contribution in [0.1, 0.15) is 12.5 Å². The summed E-state index contributed by atoms with van der Waals surface area (Å²) in [7, 11) is -3.59. The lowest BCUT2D eigenvalue weighted by molar-refractivity contribution is 0.601. The highest BCUT2D eigenvalue weighted by atomic mass is 79.9. The Kier molecular flexibility index (Phi) is 4.21. The maximum absolute atomic E-state index is 12.1. The largest absolute Gasteiger partial charge is 0.263 e. The Hall–Kier alpha value is -1.40. The van der Waals surface area contributed by atoms with Crippen molar-refractivity contribution in [3.05, 3.63) is 52.6 Å². The van der Waals surface area contributed by atoms with Crippen LogP contribution < -0.4 is 4.72 Å². The number of halogens is 1. The molecule has 0 bridgehead atoms. The summed E-state index contributed by atoms with van der Waals surface area (Å²) in [5.74, 6) is 0.286. The maximum atomic E-state index is 12.1. The van der Waals surface area contributed by atoms with Gasteiger partial charge in [0.2, 0.25) is 0 Å². The van der Waals surface area contributed by atoms with E-state index in [9.17, 15) is 8.42 Å². The van der Waals surface area contributed by atoms with Gasteiger partial charge in [0.15, 0.2) is 0 Å². The number of benzene rings is 1. The van der Waals surface area contributed by atoms with Gasteiger partial charge in [-0.25, -0.2) is 13.4 Å². The van der Waals surface area contributed by atoms with Crippen LogP contribution in [-0.4, -0.2) is 13.4 Å². The van der Waals surface area contributed by atoms with E-state index in [-0.39, 0.29) is 10.7 Å². The number of hydrogen-bond donors (Lipinski definition) is 1. The zero-order valence-electron chi connectivity index (χ0n) is 10.3. The van der Waals surface area contributed by atoms with E-state index in [4.69, 9.17) is 0 Å². The summed E-state index contributed by atoms with van der Waals surface area (Å²) in [5.41, 5.74) is 1.10. The van der Waals surface area contributed by atoms with Crippen LogP contribution in [0, 0.1) is 0 Å². The molecule has 1 aromatic heterocycles. The van der Waals surface area contributed by atoms with E-state index in [0.717, 1.165) is 16.5 Å². The Bertz CT molecular complexity index is 669. The first-order valence-corrected chi connectivity index (χ1v) is 8.02. The molecule has 0 aliphatic rings. The fourth-order valence-electron chi connectivity index (χ4n) is 1.56. The Morgan fingerprint density at radius 1 is 1.21 bits per heavy atom. The molecule has 19 heavy (non-hydrogen) atoms. The van der Waals surface area contributed by atoms with Crippen LogP contribution in [0.2, 0.25) is 0 Å². The van der Waals surface area contributed by atoms with Gasteiger partial charge in [0, 0.05) is 10.7 Å². The minimum Gasteiger partial charge on any atom is -0.263 e. The van der Waals surface area contributed by atoms with Gasteiger partial charge in [-0.3, -0.25) is 4.72 Å². The van der Waals surface area contributed by atoms with Gasteiger partial charge in [0.25, 0.3) is 10.0 Å². The fourth-order valence-corrected chi connectivity index (χ4v) is 2.90. The molecule has 2 aromatic rings. The molecule has 100 valence electrons. The van der Waals surface area contributed by atoms with Crippen molar-refractivity contribution in [3.63, 3.8) is 0 Å². The zero-order valence-corrected chi connectivity index (χ0v) is 12.7. The molecule has 0 amide bonds.